The van der Waals surface area contributed by atoms with Gasteiger partial charge in [-0.05, 0) is 18.6 Å². The summed E-state index contributed by atoms with van der Waals surface area (Å²) in [6.07, 6.45) is -0.999. The molecule has 8 heteroatoms. The first kappa shape index (κ1) is 18.2. The van der Waals surface area contributed by atoms with Crippen LogP contribution < -0.4 is 5.32 Å². The van der Waals surface area contributed by atoms with E-state index in [0.717, 1.165) is 0 Å². The first-order valence-corrected chi connectivity index (χ1v) is 7.16. The molecule has 0 spiro atoms. The molecule has 2 aromatic carbocycles. The monoisotopic (exact) mass is 363 g/mol. The maximum atomic E-state index is 13.6. The molecule has 128 valence electrons. The number of carbonyl (C=O) groups excluding carboxylic acids is 1. The molecule has 0 radical (unpaired) electrons. The van der Waals surface area contributed by atoms with Gasteiger partial charge in [0.05, 0.1) is 12.5 Å². The van der Waals surface area contributed by atoms with Crippen molar-refractivity contribution in [2.45, 2.75) is 19.4 Å². The third kappa shape index (κ3) is 3.51. The molecule has 2 rings (SSSR count). The maximum absolute atomic E-state index is 13.6. The quantitative estimate of drug-likeness (QED) is 0.485. The van der Waals surface area contributed by atoms with E-state index in [4.69, 9.17) is 11.6 Å². The van der Waals surface area contributed by atoms with Crippen LogP contribution in [0.15, 0.2) is 24.3 Å². The fraction of sp³-hybridized carbons (Fsp3) is 0.188. The van der Waals surface area contributed by atoms with Crippen LogP contribution in [0, 0.1) is 29.1 Å². The van der Waals surface area contributed by atoms with Gasteiger partial charge in [-0.15, -0.1) is 0 Å². The van der Waals surface area contributed by atoms with Crippen molar-refractivity contribution in [3.8, 4) is 0 Å². The van der Waals surface area contributed by atoms with E-state index in [9.17, 15) is 26.7 Å². The van der Waals surface area contributed by atoms with Crippen molar-refractivity contribution in [2.24, 2.45) is 0 Å². The summed E-state index contributed by atoms with van der Waals surface area (Å²) in [4.78, 5) is 11.9. The molecule has 0 bridgehead atoms. The van der Waals surface area contributed by atoms with Gasteiger partial charge >= 0.3 is 0 Å². The largest absolute Gasteiger partial charge is 0.349 e. The van der Waals surface area contributed by atoms with Gasteiger partial charge in [0.15, 0.2) is 23.3 Å². The average Bonchev–Trinajstić information content (AvgIpc) is 2.55. The lowest BCUT2D eigenvalue weighted by Crippen LogP contribution is -2.29. The molecule has 2 nitrogen and oxygen atoms in total. The van der Waals surface area contributed by atoms with Gasteiger partial charge in [0.25, 0.3) is 0 Å². The van der Waals surface area contributed by atoms with Crippen molar-refractivity contribution in [1.29, 1.82) is 0 Å². The van der Waals surface area contributed by atoms with Crippen molar-refractivity contribution in [2.75, 3.05) is 0 Å². The van der Waals surface area contributed by atoms with E-state index in [1.54, 1.807) is 31.2 Å². The first-order valence-electron chi connectivity index (χ1n) is 6.78. The fourth-order valence-electron chi connectivity index (χ4n) is 2.16. The summed E-state index contributed by atoms with van der Waals surface area (Å²) in [5.41, 5.74) is -0.639. The lowest BCUT2D eigenvalue weighted by Gasteiger charge is -2.16. The molecular formula is C16H11ClF5NO. The van der Waals surface area contributed by atoms with Crippen LogP contribution in [0.5, 0.6) is 0 Å². The Hall–Kier alpha value is -2.15. The number of rotatable bonds is 4. The molecule has 0 heterocycles. The van der Waals surface area contributed by atoms with Gasteiger partial charge in [-0.1, -0.05) is 29.8 Å². The fourth-order valence-corrected chi connectivity index (χ4v) is 2.46. The molecule has 2 aromatic rings. The topological polar surface area (TPSA) is 29.1 Å². The normalized spacial score (nSPS) is 12.1. The molecule has 24 heavy (non-hydrogen) atoms. The predicted molar refractivity (Wildman–Crippen MR) is 77.9 cm³/mol. The van der Waals surface area contributed by atoms with Crippen molar-refractivity contribution >= 4 is 17.5 Å². The minimum Gasteiger partial charge on any atom is -0.349 e. The minimum absolute atomic E-state index is 0.363. The number of hydrogen-bond donors (Lipinski definition) is 1. The molecule has 0 saturated heterocycles. The van der Waals surface area contributed by atoms with Crippen LogP contribution in [0.3, 0.4) is 0 Å². The molecule has 0 aromatic heterocycles. The number of hydrogen-bond acceptors (Lipinski definition) is 1. The van der Waals surface area contributed by atoms with Gasteiger partial charge < -0.3 is 5.32 Å². The van der Waals surface area contributed by atoms with Gasteiger partial charge in [0.1, 0.15) is 0 Å². The zero-order chi connectivity index (χ0) is 18.0. The molecular weight excluding hydrogens is 353 g/mol. The molecule has 1 amide bonds. The van der Waals surface area contributed by atoms with Gasteiger partial charge in [0, 0.05) is 10.6 Å². The first-order chi connectivity index (χ1) is 11.2. The Balaban J connectivity index is 2.21. The van der Waals surface area contributed by atoms with Crippen LogP contribution in [0.2, 0.25) is 5.02 Å². The summed E-state index contributed by atoms with van der Waals surface area (Å²) in [7, 11) is 0. The number of carbonyl (C=O) groups is 1. The Kier molecular flexibility index (Phi) is 5.43. The van der Waals surface area contributed by atoms with Crippen molar-refractivity contribution in [3.05, 3.63) is 69.5 Å². The summed E-state index contributed by atoms with van der Waals surface area (Å²) in [6.45, 7) is 1.57. The molecule has 1 atom stereocenters. The Labute approximate surface area is 139 Å². The Morgan fingerprint density at radius 3 is 2.04 bits per heavy atom. The van der Waals surface area contributed by atoms with Crippen molar-refractivity contribution in [1.82, 2.24) is 5.32 Å². The molecule has 0 aliphatic carbocycles. The van der Waals surface area contributed by atoms with E-state index >= 15 is 0 Å². The van der Waals surface area contributed by atoms with Gasteiger partial charge in [-0.2, -0.15) is 0 Å². The lowest BCUT2D eigenvalue weighted by atomic mass is 10.1. The van der Waals surface area contributed by atoms with Crippen LogP contribution in [0.4, 0.5) is 22.0 Å². The smallest absolute Gasteiger partial charge is 0.225 e. The summed E-state index contributed by atoms with van der Waals surface area (Å²) >= 11 is 5.96. The van der Waals surface area contributed by atoms with E-state index in [2.05, 4.69) is 5.32 Å². The Bertz CT molecular complexity index is 767. The average molecular weight is 364 g/mol. The highest BCUT2D eigenvalue weighted by molar-refractivity contribution is 6.31. The summed E-state index contributed by atoms with van der Waals surface area (Å²) in [5.74, 6) is -11.4. The number of halogens is 6. The predicted octanol–water partition coefficient (Wildman–Crippen LogP) is 4.46. The van der Waals surface area contributed by atoms with Gasteiger partial charge in [-0.3, -0.25) is 4.79 Å². The molecule has 0 aliphatic heterocycles. The summed E-state index contributed by atoms with van der Waals surface area (Å²) in [5, 5.41) is 2.76. The standard InChI is InChI=1S/C16H11ClF5NO/c1-7(8-4-2-3-5-10(8)17)23-11(24)6-9-12(18)14(20)16(22)15(21)13(9)19/h2-5,7H,6H2,1H3,(H,23,24). The van der Waals surface area contributed by atoms with Crippen LogP contribution in [-0.4, -0.2) is 5.91 Å². The van der Waals surface area contributed by atoms with E-state index in [0.29, 0.717) is 10.6 Å². The summed E-state index contributed by atoms with van der Waals surface area (Å²) in [6, 6.07) is 5.95. The van der Waals surface area contributed by atoms with E-state index < -0.39 is 53.0 Å². The highest BCUT2D eigenvalue weighted by Crippen LogP contribution is 2.25. The molecule has 0 aliphatic rings. The minimum atomic E-state index is -2.27. The van der Waals surface area contributed by atoms with Crippen LogP contribution in [-0.2, 0) is 11.2 Å². The Morgan fingerprint density at radius 2 is 1.50 bits per heavy atom. The zero-order valence-corrected chi connectivity index (χ0v) is 13.0. The van der Waals surface area contributed by atoms with Crippen molar-refractivity contribution < 1.29 is 26.7 Å². The molecule has 1 N–H and O–H groups in total. The highest BCUT2D eigenvalue weighted by Gasteiger charge is 2.27. The Morgan fingerprint density at radius 1 is 1.00 bits per heavy atom. The highest BCUT2D eigenvalue weighted by atomic mass is 35.5. The zero-order valence-electron chi connectivity index (χ0n) is 12.3. The number of nitrogens with one attached hydrogen (secondary N) is 1. The second kappa shape index (κ2) is 7.17. The second-order valence-electron chi connectivity index (χ2n) is 5.04. The van der Waals surface area contributed by atoms with Gasteiger partial charge in [-0.25, -0.2) is 22.0 Å². The lowest BCUT2D eigenvalue weighted by molar-refractivity contribution is -0.121. The van der Waals surface area contributed by atoms with E-state index in [-0.39, 0.29) is 0 Å². The SMILES string of the molecule is CC(NC(=O)Cc1c(F)c(F)c(F)c(F)c1F)c1ccccc1Cl. The number of amides is 1. The van der Waals surface area contributed by atoms with Crippen LogP contribution in [0.1, 0.15) is 24.1 Å². The third-order valence-electron chi connectivity index (χ3n) is 3.39. The second-order valence-corrected chi connectivity index (χ2v) is 5.44. The van der Waals surface area contributed by atoms with E-state index in [1.165, 1.54) is 0 Å². The van der Waals surface area contributed by atoms with Crippen LogP contribution in [0.25, 0.3) is 0 Å². The third-order valence-corrected chi connectivity index (χ3v) is 3.73. The number of benzene rings is 2. The molecule has 0 fully saturated rings. The maximum Gasteiger partial charge on any atom is 0.225 e. The van der Waals surface area contributed by atoms with Crippen molar-refractivity contribution in [3.63, 3.8) is 0 Å². The summed E-state index contributed by atoms with van der Waals surface area (Å²) < 4.78 is 66.3. The molecule has 1 unspecified atom stereocenters. The van der Waals surface area contributed by atoms with Gasteiger partial charge in [0.2, 0.25) is 11.7 Å². The van der Waals surface area contributed by atoms with Crippen LogP contribution >= 0.6 is 11.6 Å². The van der Waals surface area contributed by atoms with E-state index in [1.807, 2.05) is 0 Å². The molecule has 0 saturated carbocycles.